The van der Waals surface area contributed by atoms with Crippen LogP contribution in [0.15, 0.2) is 71.3 Å². The molecular weight excluding hydrogens is 386 g/mol. The van der Waals surface area contributed by atoms with Gasteiger partial charge in [0.2, 0.25) is 5.91 Å². The zero-order chi connectivity index (χ0) is 19.3. The highest BCUT2D eigenvalue weighted by atomic mass is 32.2. The summed E-state index contributed by atoms with van der Waals surface area (Å²) in [5.41, 5.74) is 4.55. The van der Waals surface area contributed by atoms with Crippen LogP contribution in [-0.2, 0) is 11.3 Å². The Labute approximate surface area is 172 Å². The average Bonchev–Trinajstić information content (AvgIpc) is 3.17. The van der Waals surface area contributed by atoms with E-state index in [4.69, 9.17) is 0 Å². The summed E-state index contributed by atoms with van der Waals surface area (Å²) in [7, 11) is 0. The van der Waals surface area contributed by atoms with E-state index in [0.717, 1.165) is 31.9 Å². The van der Waals surface area contributed by atoms with Crippen LogP contribution in [0.4, 0.5) is 0 Å². The molecule has 1 N–H and O–H groups in total. The molecule has 0 aliphatic rings. The molecule has 2 aromatic heterocycles. The van der Waals surface area contributed by atoms with Crippen LogP contribution in [0.3, 0.4) is 0 Å². The molecule has 6 heteroatoms. The number of nitrogens with one attached hydrogen (secondary N) is 1. The van der Waals surface area contributed by atoms with Crippen LogP contribution in [0.1, 0.15) is 11.1 Å². The number of aryl methyl sites for hydroxylation is 1. The fourth-order valence-corrected chi connectivity index (χ4v) is 4.70. The molecule has 0 bridgehead atoms. The van der Waals surface area contributed by atoms with Gasteiger partial charge in [-0.25, -0.2) is 9.97 Å². The quantitative estimate of drug-likeness (QED) is 0.359. The van der Waals surface area contributed by atoms with Gasteiger partial charge in [0.05, 0.1) is 11.1 Å². The van der Waals surface area contributed by atoms with E-state index in [9.17, 15) is 4.79 Å². The Kier molecular flexibility index (Phi) is 5.69. The summed E-state index contributed by atoms with van der Waals surface area (Å²) < 4.78 is 0. The number of carbonyl (C=O) groups excluding carboxylic acids is 1. The molecule has 4 nitrogen and oxygen atoms in total. The zero-order valence-corrected chi connectivity index (χ0v) is 17.0. The van der Waals surface area contributed by atoms with Gasteiger partial charge in [0.25, 0.3) is 0 Å². The molecule has 0 radical (unpaired) electrons. The highest BCUT2D eigenvalue weighted by Crippen LogP contribution is 2.37. The molecule has 4 aromatic rings. The van der Waals surface area contributed by atoms with E-state index < -0.39 is 0 Å². The van der Waals surface area contributed by atoms with Crippen molar-refractivity contribution < 1.29 is 4.79 Å². The van der Waals surface area contributed by atoms with Crippen molar-refractivity contribution in [2.45, 2.75) is 18.5 Å². The lowest BCUT2D eigenvalue weighted by Crippen LogP contribution is -2.24. The van der Waals surface area contributed by atoms with Crippen molar-refractivity contribution in [3.05, 3.63) is 77.4 Å². The van der Waals surface area contributed by atoms with Crippen molar-refractivity contribution in [3.63, 3.8) is 0 Å². The van der Waals surface area contributed by atoms with Crippen LogP contribution in [0.5, 0.6) is 0 Å². The van der Waals surface area contributed by atoms with Crippen LogP contribution in [0.2, 0.25) is 0 Å². The summed E-state index contributed by atoms with van der Waals surface area (Å²) in [6.45, 7) is 2.59. The van der Waals surface area contributed by atoms with Gasteiger partial charge in [-0.3, -0.25) is 4.79 Å². The van der Waals surface area contributed by atoms with E-state index in [1.54, 1.807) is 17.7 Å². The van der Waals surface area contributed by atoms with Crippen molar-refractivity contribution in [2.75, 3.05) is 5.75 Å². The molecule has 2 heterocycles. The maximum absolute atomic E-state index is 12.3. The molecule has 0 spiro atoms. The fraction of sp³-hybridized carbons (Fsp3) is 0.136. The van der Waals surface area contributed by atoms with Crippen LogP contribution in [0.25, 0.3) is 21.3 Å². The SMILES string of the molecule is Cc1ccc(CNC(=O)CSc2ncnc3scc(-c4ccccc4)c23)cc1. The van der Waals surface area contributed by atoms with Gasteiger partial charge in [0, 0.05) is 17.5 Å². The monoisotopic (exact) mass is 405 g/mol. The summed E-state index contributed by atoms with van der Waals surface area (Å²) in [6, 6.07) is 18.4. The number of hydrogen-bond donors (Lipinski definition) is 1. The standard InChI is InChI=1S/C22H19N3OS2/c1-15-7-9-16(10-8-15)11-23-19(26)13-28-22-20-18(17-5-3-2-4-6-17)12-27-21(20)24-14-25-22/h2-10,12,14H,11,13H2,1H3,(H,23,26). The molecule has 0 saturated carbocycles. The van der Waals surface area contributed by atoms with Crippen molar-refractivity contribution in [2.24, 2.45) is 0 Å². The first-order chi connectivity index (χ1) is 13.7. The molecule has 1 amide bonds. The number of thiophene rings is 1. The molecule has 28 heavy (non-hydrogen) atoms. The largest absolute Gasteiger partial charge is 0.351 e. The Bertz CT molecular complexity index is 1090. The van der Waals surface area contributed by atoms with Gasteiger partial charge in [-0.1, -0.05) is 71.9 Å². The third-order valence-electron chi connectivity index (χ3n) is 4.37. The van der Waals surface area contributed by atoms with Crippen LogP contribution >= 0.6 is 23.1 Å². The number of fused-ring (bicyclic) bond motifs is 1. The maximum atomic E-state index is 12.3. The smallest absolute Gasteiger partial charge is 0.230 e. The fourth-order valence-electron chi connectivity index (χ4n) is 2.88. The summed E-state index contributed by atoms with van der Waals surface area (Å²) in [5, 5.41) is 6.95. The van der Waals surface area contributed by atoms with Crippen molar-refractivity contribution in [1.29, 1.82) is 0 Å². The highest BCUT2D eigenvalue weighted by molar-refractivity contribution is 8.00. The van der Waals surface area contributed by atoms with Crippen LogP contribution in [-0.4, -0.2) is 21.6 Å². The lowest BCUT2D eigenvalue weighted by atomic mass is 10.1. The second-order valence-electron chi connectivity index (χ2n) is 6.43. The van der Waals surface area contributed by atoms with Gasteiger partial charge >= 0.3 is 0 Å². The lowest BCUT2D eigenvalue weighted by molar-refractivity contribution is -0.118. The maximum Gasteiger partial charge on any atom is 0.230 e. The molecule has 140 valence electrons. The van der Waals surface area contributed by atoms with E-state index in [1.807, 2.05) is 30.3 Å². The molecular formula is C22H19N3OS2. The number of hydrogen-bond acceptors (Lipinski definition) is 5. The predicted molar refractivity (Wildman–Crippen MR) is 117 cm³/mol. The molecule has 0 saturated heterocycles. The summed E-state index contributed by atoms with van der Waals surface area (Å²) in [6.07, 6.45) is 1.57. The van der Waals surface area contributed by atoms with Gasteiger partial charge in [0.15, 0.2) is 0 Å². The van der Waals surface area contributed by atoms with E-state index in [0.29, 0.717) is 12.3 Å². The Morgan fingerprint density at radius 3 is 2.64 bits per heavy atom. The minimum atomic E-state index is -0.00571. The third-order valence-corrected chi connectivity index (χ3v) is 6.25. The van der Waals surface area contributed by atoms with Crippen LogP contribution in [0, 0.1) is 6.92 Å². The Morgan fingerprint density at radius 1 is 1.07 bits per heavy atom. The number of thioether (sulfide) groups is 1. The first kappa shape index (κ1) is 18.7. The normalized spacial score (nSPS) is 10.9. The molecule has 0 fully saturated rings. The Balaban J connectivity index is 1.46. The molecule has 0 aliphatic heterocycles. The summed E-state index contributed by atoms with van der Waals surface area (Å²) >= 11 is 3.05. The van der Waals surface area contributed by atoms with Crippen LogP contribution < -0.4 is 5.32 Å². The number of carbonyl (C=O) groups is 1. The number of rotatable bonds is 6. The third kappa shape index (κ3) is 4.24. The number of aromatic nitrogens is 2. The molecule has 0 atom stereocenters. The van der Waals surface area contributed by atoms with Gasteiger partial charge in [-0.05, 0) is 18.1 Å². The average molecular weight is 406 g/mol. The molecule has 2 aromatic carbocycles. The van der Waals surface area contributed by atoms with Gasteiger partial charge < -0.3 is 5.32 Å². The van der Waals surface area contributed by atoms with Gasteiger partial charge in [-0.2, -0.15) is 0 Å². The molecule has 0 unspecified atom stereocenters. The Hall–Kier alpha value is -2.70. The van der Waals surface area contributed by atoms with E-state index in [2.05, 4.69) is 51.9 Å². The second-order valence-corrected chi connectivity index (χ2v) is 8.25. The summed E-state index contributed by atoms with van der Waals surface area (Å²) in [5.74, 6) is 0.316. The number of nitrogens with zero attached hydrogens (tertiary/aromatic N) is 2. The predicted octanol–water partition coefficient (Wildman–Crippen LogP) is 5.08. The van der Waals surface area contributed by atoms with Crippen molar-refractivity contribution in [1.82, 2.24) is 15.3 Å². The van der Waals surface area contributed by atoms with Gasteiger partial charge in [-0.15, -0.1) is 11.3 Å². The number of amides is 1. The highest BCUT2D eigenvalue weighted by Gasteiger charge is 2.14. The number of benzene rings is 2. The van der Waals surface area contributed by atoms with E-state index in [1.165, 1.54) is 17.3 Å². The summed E-state index contributed by atoms with van der Waals surface area (Å²) in [4.78, 5) is 22.1. The van der Waals surface area contributed by atoms with Crippen molar-refractivity contribution >= 4 is 39.2 Å². The lowest BCUT2D eigenvalue weighted by Gasteiger charge is -2.07. The molecule has 0 aliphatic carbocycles. The molecule has 4 rings (SSSR count). The zero-order valence-electron chi connectivity index (χ0n) is 15.4. The van der Waals surface area contributed by atoms with Crippen molar-refractivity contribution in [3.8, 4) is 11.1 Å². The second kappa shape index (κ2) is 8.54. The van der Waals surface area contributed by atoms with E-state index >= 15 is 0 Å². The topological polar surface area (TPSA) is 54.9 Å². The Morgan fingerprint density at radius 2 is 1.86 bits per heavy atom. The van der Waals surface area contributed by atoms with E-state index in [-0.39, 0.29) is 5.91 Å². The minimum Gasteiger partial charge on any atom is -0.351 e. The first-order valence-corrected chi connectivity index (χ1v) is 10.8. The van der Waals surface area contributed by atoms with Gasteiger partial charge in [0.1, 0.15) is 16.2 Å². The first-order valence-electron chi connectivity index (χ1n) is 8.93. The minimum absolute atomic E-state index is 0.00571.